The van der Waals surface area contributed by atoms with Gasteiger partial charge in [0.25, 0.3) is 0 Å². The summed E-state index contributed by atoms with van der Waals surface area (Å²) in [6.07, 6.45) is 2.22. The highest BCUT2D eigenvalue weighted by molar-refractivity contribution is 6.00. The van der Waals surface area contributed by atoms with Crippen LogP contribution in [0.5, 0.6) is 0 Å². The zero-order chi connectivity index (χ0) is 17.1. The van der Waals surface area contributed by atoms with E-state index in [0.29, 0.717) is 6.42 Å². The minimum atomic E-state index is -0.260. The highest BCUT2D eigenvalue weighted by Gasteiger charge is 2.41. The second kappa shape index (κ2) is 5.13. The molecular formula is C20H21FN2O. The Labute approximate surface area is 141 Å². The lowest BCUT2D eigenvalue weighted by Gasteiger charge is -2.38. The molecule has 124 valence electrons. The Bertz CT molecular complexity index is 858. The second-order valence-corrected chi connectivity index (χ2v) is 7.83. The maximum absolute atomic E-state index is 13.4. The molecule has 0 fully saturated rings. The standard InChI is InChI=1S/C20H21FN2O/c1-11-17-15(23-22-11)8-13-9-20(2,3)10-16(24)18(13)19(17)12-4-6-14(21)7-5-12/h4-7,19H,8-10H2,1-3H3,(H,22,23). The van der Waals surface area contributed by atoms with Crippen LogP contribution in [0.25, 0.3) is 0 Å². The van der Waals surface area contributed by atoms with Crippen LogP contribution in [0.15, 0.2) is 35.4 Å². The Kier molecular flexibility index (Phi) is 3.27. The van der Waals surface area contributed by atoms with Crippen molar-refractivity contribution in [2.45, 2.75) is 46.0 Å². The predicted molar refractivity (Wildman–Crippen MR) is 90.3 cm³/mol. The molecule has 0 bridgehead atoms. The summed E-state index contributed by atoms with van der Waals surface area (Å²) >= 11 is 0. The molecule has 1 aromatic carbocycles. The third-order valence-corrected chi connectivity index (χ3v) is 5.25. The zero-order valence-corrected chi connectivity index (χ0v) is 14.2. The predicted octanol–water partition coefficient (Wildman–Crippen LogP) is 4.23. The van der Waals surface area contributed by atoms with Crippen molar-refractivity contribution in [2.24, 2.45) is 5.41 Å². The lowest BCUT2D eigenvalue weighted by atomic mass is 9.65. The summed E-state index contributed by atoms with van der Waals surface area (Å²) < 4.78 is 13.4. The van der Waals surface area contributed by atoms with E-state index in [9.17, 15) is 9.18 Å². The number of carbonyl (C=O) groups is 1. The molecular weight excluding hydrogens is 303 g/mol. The van der Waals surface area contributed by atoms with E-state index in [1.54, 1.807) is 12.1 Å². The summed E-state index contributed by atoms with van der Waals surface area (Å²) in [4.78, 5) is 13.0. The molecule has 0 spiro atoms. The number of ketones is 1. The van der Waals surface area contributed by atoms with E-state index in [4.69, 9.17) is 0 Å². The Morgan fingerprint density at radius 2 is 1.92 bits per heavy atom. The van der Waals surface area contributed by atoms with Gasteiger partial charge in [0.2, 0.25) is 0 Å². The molecule has 0 saturated carbocycles. The average molecular weight is 324 g/mol. The van der Waals surface area contributed by atoms with E-state index < -0.39 is 0 Å². The Morgan fingerprint density at radius 3 is 2.62 bits per heavy atom. The highest BCUT2D eigenvalue weighted by Crippen LogP contribution is 2.49. The van der Waals surface area contributed by atoms with Crippen molar-refractivity contribution in [3.05, 3.63) is 63.7 Å². The van der Waals surface area contributed by atoms with Crippen LogP contribution in [0, 0.1) is 18.2 Å². The number of hydrogen-bond donors (Lipinski definition) is 1. The largest absolute Gasteiger partial charge is 0.294 e. The molecule has 2 aromatic rings. The van der Waals surface area contributed by atoms with Gasteiger partial charge in [-0.1, -0.05) is 31.6 Å². The van der Waals surface area contributed by atoms with Gasteiger partial charge >= 0.3 is 0 Å². The number of carbonyl (C=O) groups excluding carboxylic acids is 1. The Hall–Kier alpha value is -2.23. The van der Waals surface area contributed by atoms with Crippen molar-refractivity contribution in [3.63, 3.8) is 0 Å². The average Bonchev–Trinajstić information content (AvgIpc) is 2.86. The van der Waals surface area contributed by atoms with E-state index in [1.165, 1.54) is 17.7 Å². The van der Waals surface area contributed by atoms with E-state index in [2.05, 4.69) is 24.0 Å². The van der Waals surface area contributed by atoms with Crippen LogP contribution in [-0.4, -0.2) is 16.0 Å². The first-order chi connectivity index (χ1) is 11.4. The molecule has 4 heteroatoms. The van der Waals surface area contributed by atoms with Gasteiger partial charge in [0.1, 0.15) is 5.82 Å². The minimum Gasteiger partial charge on any atom is -0.294 e. The molecule has 3 nitrogen and oxygen atoms in total. The summed E-state index contributed by atoms with van der Waals surface area (Å²) in [5, 5.41) is 7.54. The number of Topliss-reactive ketones (excluding diaryl/α,β-unsaturated/α-hetero) is 1. The van der Waals surface area contributed by atoms with Gasteiger partial charge in [0, 0.05) is 35.6 Å². The van der Waals surface area contributed by atoms with Gasteiger partial charge in [-0.3, -0.25) is 9.89 Å². The first kappa shape index (κ1) is 15.3. The molecule has 0 saturated heterocycles. The number of halogens is 1. The summed E-state index contributed by atoms with van der Waals surface area (Å²) in [6, 6.07) is 6.52. The molecule has 24 heavy (non-hydrogen) atoms. The topological polar surface area (TPSA) is 45.8 Å². The first-order valence-electron chi connectivity index (χ1n) is 8.40. The molecule has 1 heterocycles. The number of nitrogens with one attached hydrogen (secondary N) is 1. The fourth-order valence-electron chi connectivity index (χ4n) is 4.33. The summed E-state index contributed by atoms with van der Waals surface area (Å²) in [6.45, 7) is 6.28. The van der Waals surface area contributed by atoms with Crippen molar-refractivity contribution < 1.29 is 9.18 Å². The van der Waals surface area contributed by atoms with Gasteiger partial charge in [0.15, 0.2) is 5.78 Å². The van der Waals surface area contributed by atoms with Crippen LogP contribution in [0.3, 0.4) is 0 Å². The maximum Gasteiger partial charge on any atom is 0.160 e. The van der Waals surface area contributed by atoms with Crippen molar-refractivity contribution in [2.75, 3.05) is 0 Å². The molecule has 0 radical (unpaired) electrons. The van der Waals surface area contributed by atoms with Gasteiger partial charge < -0.3 is 0 Å². The lowest BCUT2D eigenvalue weighted by Crippen LogP contribution is -2.32. The van der Waals surface area contributed by atoms with Gasteiger partial charge in [-0.05, 0) is 36.5 Å². The van der Waals surface area contributed by atoms with Crippen molar-refractivity contribution in [3.8, 4) is 0 Å². The number of aryl methyl sites for hydroxylation is 1. The number of benzene rings is 1. The lowest BCUT2D eigenvalue weighted by molar-refractivity contribution is -0.118. The fraction of sp³-hybridized carbons (Fsp3) is 0.400. The third kappa shape index (κ3) is 2.32. The van der Waals surface area contributed by atoms with Gasteiger partial charge in [0.05, 0.1) is 5.69 Å². The number of H-pyrrole nitrogens is 1. The summed E-state index contributed by atoms with van der Waals surface area (Å²) in [5.41, 5.74) is 6.17. The monoisotopic (exact) mass is 324 g/mol. The number of nitrogens with zero attached hydrogens (tertiary/aromatic N) is 1. The third-order valence-electron chi connectivity index (χ3n) is 5.25. The Morgan fingerprint density at radius 1 is 1.21 bits per heavy atom. The normalized spacial score (nSPS) is 22.3. The van der Waals surface area contributed by atoms with Crippen LogP contribution in [0.4, 0.5) is 4.39 Å². The molecule has 1 atom stereocenters. The molecule has 0 amide bonds. The fourth-order valence-corrected chi connectivity index (χ4v) is 4.33. The van der Waals surface area contributed by atoms with Crippen molar-refractivity contribution in [1.82, 2.24) is 10.2 Å². The number of aromatic nitrogens is 2. The zero-order valence-electron chi connectivity index (χ0n) is 14.2. The number of allylic oxidation sites excluding steroid dienone is 2. The SMILES string of the molecule is Cc1[nH]nc2c1C(c1ccc(F)cc1)C1=C(C2)CC(C)(C)CC1=O. The highest BCUT2D eigenvalue weighted by atomic mass is 19.1. The molecule has 2 aliphatic carbocycles. The molecule has 0 aliphatic heterocycles. The smallest absolute Gasteiger partial charge is 0.160 e. The maximum atomic E-state index is 13.4. The minimum absolute atomic E-state index is 0.00782. The molecule has 4 rings (SSSR count). The number of aromatic amines is 1. The molecule has 1 N–H and O–H groups in total. The van der Waals surface area contributed by atoms with Crippen molar-refractivity contribution in [1.29, 1.82) is 0 Å². The van der Waals surface area contributed by atoms with Gasteiger partial charge in [-0.2, -0.15) is 5.10 Å². The van der Waals surface area contributed by atoms with Crippen LogP contribution >= 0.6 is 0 Å². The Balaban J connectivity index is 1.93. The van der Waals surface area contributed by atoms with Gasteiger partial charge in [-0.15, -0.1) is 0 Å². The number of hydrogen-bond acceptors (Lipinski definition) is 2. The van der Waals surface area contributed by atoms with E-state index in [1.807, 2.05) is 6.92 Å². The number of fused-ring (bicyclic) bond motifs is 1. The van der Waals surface area contributed by atoms with Crippen LogP contribution in [0.2, 0.25) is 0 Å². The van der Waals surface area contributed by atoms with Gasteiger partial charge in [-0.25, -0.2) is 4.39 Å². The van der Waals surface area contributed by atoms with E-state index in [0.717, 1.165) is 40.9 Å². The van der Waals surface area contributed by atoms with E-state index >= 15 is 0 Å². The molecule has 2 aliphatic rings. The summed E-state index contributed by atoms with van der Waals surface area (Å²) in [5.74, 6) is -0.169. The van der Waals surface area contributed by atoms with Crippen LogP contribution in [0.1, 0.15) is 55.1 Å². The van der Waals surface area contributed by atoms with E-state index in [-0.39, 0.29) is 22.9 Å². The van der Waals surface area contributed by atoms with Crippen LogP contribution < -0.4 is 0 Å². The van der Waals surface area contributed by atoms with Crippen molar-refractivity contribution >= 4 is 5.78 Å². The quantitative estimate of drug-likeness (QED) is 0.853. The summed E-state index contributed by atoms with van der Waals surface area (Å²) in [7, 11) is 0. The second-order valence-electron chi connectivity index (χ2n) is 7.83. The first-order valence-corrected chi connectivity index (χ1v) is 8.40. The molecule has 1 aromatic heterocycles. The van der Waals surface area contributed by atoms with Crippen LogP contribution in [-0.2, 0) is 11.2 Å². The number of rotatable bonds is 1. The molecule has 1 unspecified atom stereocenters.